The zero-order valence-electron chi connectivity index (χ0n) is 18.0. The van der Waals surface area contributed by atoms with E-state index in [0.717, 1.165) is 25.3 Å². The fourth-order valence-electron chi connectivity index (χ4n) is 3.19. The maximum atomic E-state index is 11.8. The van der Waals surface area contributed by atoms with Crippen LogP contribution in [0.3, 0.4) is 0 Å². The topological polar surface area (TPSA) is 75.2 Å². The molecule has 0 aliphatic carbocycles. The molecule has 29 heavy (non-hydrogen) atoms. The zero-order chi connectivity index (χ0) is 20.9. The van der Waals surface area contributed by atoms with E-state index in [-0.39, 0.29) is 6.09 Å². The molecule has 7 heteroatoms. The molecule has 1 aliphatic rings. The van der Waals surface area contributed by atoms with Crippen molar-refractivity contribution in [3.05, 3.63) is 35.9 Å². The molecule has 0 spiro atoms. The Bertz CT molecular complexity index is 616. The number of hydrogen-bond donors (Lipinski definition) is 2. The molecule has 1 amide bonds. The van der Waals surface area contributed by atoms with E-state index in [9.17, 15) is 4.79 Å². The molecule has 2 N–H and O–H groups in total. The second-order valence-electron chi connectivity index (χ2n) is 7.43. The molecule has 2 rings (SSSR count). The lowest BCUT2D eigenvalue weighted by molar-refractivity contribution is 0.0944. The Morgan fingerprint density at radius 2 is 1.97 bits per heavy atom. The molecule has 1 aromatic carbocycles. The number of aliphatic imine (C=N–C) groups is 1. The highest BCUT2D eigenvalue weighted by molar-refractivity contribution is 5.80. The van der Waals surface area contributed by atoms with Crippen LogP contribution in [0.2, 0.25) is 0 Å². The van der Waals surface area contributed by atoms with E-state index in [1.807, 2.05) is 25.1 Å². The summed E-state index contributed by atoms with van der Waals surface area (Å²) in [4.78, 5) is 18.3. The van der Waals surface area contributed by atoms with Gasteiger partial charge in [0.1, 0.15) is 0 Å². The number of nitrogens with zero attached hydrogens (tertiary/aromatic N) is 2. The summed E-state index contributed by atoms with van der Waals surface area (Å²) in [6, 6.07) is 10.5. The van der Waals surface area contributed by atoms with Crippen molar-refractivity contribution in [2.75, 3.05) is 39.4 Å². The number of guanidine groups is 1. The number of likely N-dealkylation sites (tertiary alicyclic amines) is 1. The van der Waals surface area contributed by atoms with Crippen LogP contribution in [0, 0.1) is 5.92 Å². The van der Waals surface area contributed by atoms with Crippen molar-refractivity contribution >= 4 is 12.1 Å². The minimum absolute atomic E-state index is 0.212. The lowest BCUT2D eigenvalue weighted by Gasteiger charge is -2.32. The van der Waals surface area contributed by atoms with Gasteiger partial charge in [0.15, 0.2) is 5.96 Å². The number of hydrogen-bond acceptors (Lipinski definition) is 4. The lowest BCUT2D eigenvalue weighted by atomic mass is 10.1. The minimum Gasteiger partial charge on any atom is -0.450 e. The third-order valence-electron chi connectivity index (χ3n) is 4.78. The van der Waals surface area contributed by atoms with E-state index in [2.05, 4.69) is 36.6 Å². The fourth-order valence-corrected chi connectivity index (χ4v) is 3.19. The van der Waals surface area contributed by atoms with Gasteiger partial charge in [0.05, 0.1) is 19.8 Å². The molecule has 1 saturated heterocycles. The van der Waals surface area contributed by atoms with Gasteiger partial charge in [-0.2, -0.15) is 0 Å². The van der Waals surface area contributed by atoms with Crippen LogP contribution in [-0.4, -0.2) is 62.4 Å². The first-order valence-corrected chi connectivity index (χ1v) is 10.7. The standard InChI is InChI=1S/C22H36N4O3/c1-4-23-21(25-20-11-13-26(14-12-20)22(27)29-5-2)24-15-18(3)16-28-17-19-9-7-6-8-10-19/h6-10,18,20H,4-5,11-17H2,1-3H3,(H2,23,24,25). The molecular formula is C22H36N4O3. The van der Waals surface area contributed by atoms with Gasteiger partial charge in [-0.05, 0) is 38.2 Å². The molecular weight excluding hydrogens is 368 g/mol. The van der Waals surface area contributed by atoms with Crippen molar-refractivity contribution in [1.82, 2.24) is 15.5 Å². The normalized spacial score (nSPS) is 16.4. The first-order chi connectivity index (χ1) is 14.1. The molecule has 0 bridgehead atoms. The SMILES string of the molecule is CCNC(=NCC(C)COCc1ccccc1)NC1CCN(C(=O)OCC)CC1. The quantitative estimate of drug-likeness (QED) is 0.489. The monoisotopic (exact) mass is 404 g/mol. The summed E-state index contributed by atoms with van der Waals surface area (Å²) in [6.07, 6.45) is 1.56. The molecule has 7 nitrogen and oxygen atoms in total. The van der Waals surface area contributed by atoms with Crippen molar-refractivity contribution in [3.8, 4) is 0 Å². The third kappa shape index (κ3) is 8.73. The predicted octanol–water partition coefficient (Wildman–Crippen LogP) is 3.02. The largest absolute Gasteiger partial charge is 0.450 e. The number of piperidine rings is 1. The van der Waals surface area contributed by atoms with Crippen LogP contribution in [-0.2, 0) is 16.1 Å². The van der Waals surface area contributed by atoms with E-state index >= 15 is 0 Å². The van der Waals surface area contributed by atoms with E-state index in [1.54, 1.807) is 4.90 Å². The highest BCUT2D eigenvalue weighted by Crippen LogP contribution is 2.11. The van der Waals surface area contributed by atoms with Gasteiger partial charge in [0.2, 0.25) is 0 Å². The molecule has 0 aromatic heterocycles. The lowest BCUT2D eigenvalue weighted by Crippen LogP contribution is -2.50. The molecule has 1 aromatic rings. The van der Waals surface area contributed by atoms with E-state index < -0.39 is 0 Å². The van der Waals surface area contributed by atoms with Gasteiger partial charge in [-0.15, -0.1) is 0 Å². The highest BCUT2D eigenvalue weighted by Gasteiger charge is 2.24. The van der Waals surface area contributed by atoms with Gasteiger partial charge in [0, 0.05) is 32.2 Å². The summed E-state index contributed by atoms with van der Waals surface area (Å²) in [6.45, 7) is 10.7. The van der Waals surface area contributed by atoms with E-state index in [4.69, 9.17) is 14.5 Å². The Hall–Kier alpha value is -2.28. The fraction of sp³-hybridized carbons (Fsp3) is 0.636. The minimum atomic E-state index is -0.212. The second-order valence-corrected chi connectivity index (χ2v) is 7.43. The highest BCUT2D eigenvalue weighted by atomic mass is 16.6. The Kier molecular flexibility index (Phi) is 10.3. The molecule has 1 aliphatic heterocycles. The Labute approximate surface area is 174 Å². The van der Waals surface area contributed by atoms with Gasteiger partial charge in [0.25, 0.3) is 0 Å². The molecule has 1 unspecified atom stereocenters. The van der Waals surface area contributed by atoms with Crippen molar-refractivity contribution < 1.29 is 14.3 Å². The average molecular weight is 405 g/mol. The number of nitrogens with one attached hydrogen (secondary N) is 2. The number of rotatable bonds is 9. The van der Waals surface area contributed by atoms with Crippen molar-refractivity contribution in [3.63, 3.8) is 0 Å². The van der Waals surface area contributed by atoms with Gasteiger partial charge >= 0.3 is 6.09 Å². The van der Waals surface area contributed by atoms with Crippen LogP contribution in [0.4, 0.5) is 4.79 Å². The van der Waals surface area contributed by atoms with Crippen molar-refractivity contribution in [2.45, 2.75) is 46.3 Å². The van der Waals surface area contributed by atoms with Crippen LogP contribution in [0.15, 0.2) is 35.3 Å². The van der Waals surface area contributed by atoms with Gasteiger partial charge in [-0.1, -0.05) is 37.3 Å². The number of carbonyl (C=O) groups excluding carboxylic acids is 1. The summed E-state index contributed by atoms with van der Waals surface area (Å²) in [5.74, 6) is 1.16. The van der Waals surface area contributed by atoms with Crippen molar-refractivity contribution in [2.24, 2.45) is 10.9 Å². The summed E-state index contributed by atoms with van der Waals surface area (Å²) in [7, 11) is 0. The van der Waals surface area contributed by atoms with Crippen LogP contribution >= 0.6 is 0 Å². The molecule has 162 valence electrons. The maximum Gasteiger partial charge on any atom is 0.409 e. The molecule has 1 atom stereocenters. The Morgan fingerprint density at radius 1 is 1.24 bits per heavy atom. The van der Waals surface area contributed by atoms with Crippen LogP contribution in [0.25, 0.3) is 0 Å². The summed E-state index contributed by atoms with van der Waals surface area (Å²) >= 11 is 0. The molecule has 1 heterocycles. The van der Waals surface area contributed by atoms with Gasteiger partial charge in [-0.3, -0.25) is 4.99 Å². The summed E-state index contributed by atoms with van der Waals surface area (Å²) in [5.41, 5.74) is 1.19. The van der Waals surface area contributed by atoms with Crippen LogP contribution in [0.1, 0.15) is 39.2 Å². The molecule has 1 fully saturated rings. The number of carbonyl (C=O) groups is 1. The molecule has 0 saturated carbocycles. The second kappa shape index (κ2) is 13.0. The van der Waals surface area contributed by atoms with Crippen molar-refractivity contribution in [1.29, 1.82) is 0 Å². The summed E-state index contributed by atoms with van der Waals surface area (Å²) in [5, 5.41) is 6.82. The predicted molar refractivity (Wildman–Crippen MR) is 116 cm³/mol. The average Bonchev–Trinajstić information content (AvgIpc) is 2.73. The first-order valence-electron chi connectivity index (χ1n) is 10.7. The third-order valence-corrected chi connectivity index (χ3v) is 4.78. The maximum absolute atomic E-state index is 11.8. The van der Waals surface area contributed by atoms with Crippen LogP contribution < -0.4 is 10.6 Å². The van der Waals surface area contributed by atoms with Crippen LogP contribution in [0.5, 0.6) is 0 Å². The van der Waals surface area contributed by atoms with E-state index in [0.29, 0.717) is 51.4 Å². The smallest absolute Gasteiger partial charge is 0.409 e. The first kappa shape index (κ1) is 23.0. The zero-order valence-corrected chi connectivity index (χ0v) is 18.0. The Balaban J connectivity index is 1.72. The molecule has 0 radical (unpaired) electrons. The summed E-state index contributed by atoms with van der Waals surface area (Å²) < 4.78 is 10.9. The number of benzene rings is 1. The van der Waals surface area contributed by atoms with Gasteiger partial charge in [-0.25, -0.2) is 4.79 Å². The number of ether oxygens (including phenoxy) is 2. The van der Waals surface area contributed by atoms with Gasteiger partial charge < -0.3 is 25.0 Å². The number of amides is 1. The Morgan fingerprint density at radius 3 is 2.62 bits per heavy atom. The van der Waals surface area contributed by atoms with E-state index in [1.165, 1.54) is 5.56 Å².